The number of nitrogens with zero attached hydrogens (tertiary/aromatic N) is 1. The first-order chi connectivity index (χ1) is 10.1. The number of aromatic hydroxyl groups is 1. The monoisotopic (exact) mass is 390 g/mol. The number of halogens is 1. The van der Waals surface area contributed by atoms with Crippen LogP contribution in [-0.2, 0) is 4.79 Å². The third-order valence-electron chi connectivity index (χ3n) is 2.72. The van der Waals surface area contributed by atoms with Crippen LogP contribution in [0.1, 0.15) is 5.56 Å². The van der Waals surface area contributed by atoms with Crippen LogP contribution in [0.3, 0.4) is 0 Å². The molecule has 0 saturated carbocycles. The summed E-state index contributed by atoms with van der Waals surface area (Å²) in [6.45, 7) is 0. The summed E-state index contributed by atoms with van der Waals surface area (Å²) >= 11 is 2.10. The first-order valence-electron chi connectivity index (χ1n) is 6.07. The normalized spacial score (nSPS) is 10.8. The van der Waals surface area contributed by atoms with Gasteiger partial charge in [0.1, 0.15) is 17.4 Å². The number of amides is 1. The fraction of sp³-hybridized carbons (Fsp3) is 0. The largest absolute Gasteiger partial charge is 0.507 e. The number of nitriles is 1. The van der Waals surface area contributed by atoms with Gasteiger partial charge in [0, 0.05) is 9.13 Å². The summed E-state index contributed by atoms with van der Waals surface area (Å²) in [5, 5.41) is 21.5. The van der Waals surface area contributed by atoms with Gasteiger partial charge in [-0.2, -0.15) is 5.26 Å². The first kappa shape index (κ1) is 15.1. The highest BCUT2D eigenvalue weighted by atomic mass is 127. The molecule has 0 aliphatic rings. The van der Waals surface area contributed by atoms with Gasteiger partial charge >= 0.3 is 0 Å². The zero-order valence-corrected chi connectivity index (χ0v) is 13.0. The van der Waals surface area contributed by atoms with Crippen LogP contribution in [0.4, 0.5) is 5.69 Å². The molecule has 0 aliphatic carbocycles. The number of phenolic OH excluding ortho intramolecular Hbond substituents is 1. The number of phenols is 1. The van der Waals surface area contributed by atoms with E-state index < -0.39 is 5.91 Å². The molecule has 2 N–H and O–H groups in total. The molecule has 104 valence electrons. The summed E-state index contributed by atoms with van der Waals surface area (Å²) < 4.78 is 0.878. The topological polar surface area (TPSA) is 73.1 Å². The fourth-order valence-corrected chi connectivity index (χ4v) is 2.19. The van der Waals surface area contributed by atoms with Crippen molar-refractivity contribution in [1.82, 2.24) is 0 Å². The Kier molecular flexibility index (Phi) is 4.95. The van der Waals surface area contributed by atoms with Crippen molar-refractivity contribution >= 4 is 40.3 Å². The second-order valence-electron chi connectivity index (χ2n) is 4.16. The van der Waals surface area contributed by atoms with Gasteiger partial charge < -0.3 is 10.4 Å². The van der Waals surface area contributed by atoms with Gasteiger partial charge in [0.05, 0.1) is 5.69 Å². The fourth-order valence-electron chi connectivity index (χ4n) is 1.67. The second kappa shape index (κ2) is 6.90. The van der Waals surface area contributed by atoms with Gasteiger partial charge in [-0.3, -0.25) is 4.79 Å². The molecule has 0 atom stereocenters. The minimum Gasteiger partial charge on any atom is -0.507 e. The molecule has 5 heteroatoms. The Balaban J connectivity index is 2.26. The summed E-state index contributed by atoms with van der Waals surface area (Å²) in [6.07, 6.45) is 1.36. The highest BCUT2D eigenvalue weighted by Crippen LogP contribution is 2.21. The molecule has 0 spiro atoms. The number of para-hydroxylation sites is 2. The average molecular weight is 390 g/mol. The molecule has 1 amide bonds. The van der Waals surface area contributed by atoms with Crippen LogP contribution in [0, 0.1) is 14.9 Å². The van der Waals surface area contributed by atoms with Crippen LogP contribution < -0.4 is 5.32 Å². The Bertz CT molecular complexity index is 748. The van der Waals surface area contributed by atoms with Crippen molar-refractivity contribution in [1.29, 1.82) is 5.26 Å². The second-order valence-corrected chi connectivity index (χ2v) is 5.32. The standard InChI is InChI=1S/C16H11IN2O2/c17-13-6-2-3-7-14(13)19-16(21)12(10-18)9-11-5-1-4-8-15(11)20/h1-9,20H,(H,19,21)/b12-9+. The Labute approximate surface area is 135 Å². The van der Waals surface area contributed by atoms with Crippen molar-refractivity contribution in [3.05, 3.63) is 63.2 Å². The van der Waals surface area contributed by atoms with Gasteiger partial charge in [0.2, 0.25) is 0 Å². The van der Waals surface area contributed by atoms with E-state index in [2.05, 4.69) is 27.9 Å². The Morgan fingerprint density at radius 3 is 2.52 bits per heavy atom. The summed E-state index contributed by atoms with van der Waals surface area (Å²) in [5.74, 6) is -0.489. The van der Waals surface area contributed by atoms with Crippen molar-refractivity contribution in [2.75, 3.05) is 5.32 Å². The zero-order chi connectivity index (χ0) is 15.2. The Hall–Kier alpha value is -2.33. The molecule has 0 unspecified atom stereocenters. The Morgan fingerprint density at radius 1 is 1.19 bits per heavy atom. The summed E-state index contributed by atoms with van der Waals surface area (Å²) in [5.41, 5.74) is 0.990. The van der Waals surface area contributed by atoms with Crippen LogP contribution in [0.2, 0.25) is 0 Å². The van der Waals surface area contributed by atoms with E-state index in [0.29, 0.717) is 11.3 Å². The lowest BCUT2D eigenvalue weighted by atomic mass is 10.1. The first-order valence-corrected chi connectivity index (χ1v) is 7.15. The Morgan fingerprint density at radius 2 is 1.86 bits per heavy atom. The van der Waals surface area contributed by atoms with E-state index in [9.17, 15) is 9.90 Å². The molecule has 0 heterocycles. The smallest absolute Gasteiger partial charge is 0.266 e. The molecular weight excluding hydrogens is 379 g/mol. The SMILES string of the molecule is N#C/C(=C\c1ccccc1O)C(=O)Nc1ccccc1I. The number of carbonyl (C=O) groups excluding carboxylic acids is 1. The highest BCUT2D eigenvalue weighted by Gasteiger charge is 2.11. The maximum atomic E-state index is 12.1. The zero-order valence-electron chi connectivity index (χ0n) is 10.9. The van der Waals surface area contributed by atoms with E-state index in [0.717, 1.165) is 3.57 Å². The number of benzene rings is 2. The lowest BCUT2D eigenvalue weighted by Crippen LogP contribution is -2.14. The molecule has 2 aromatic carbocycles. The van der Waals surface area contributed by atoms with Crippen molar-refractivity contribution in [3.8, 4) is 11.8 Å². The molecule has 21 heavy (non-hydrogen) atoms. The van der Waals surface area contributed by atoms with Gasteiger partial charge in [-0.05, 0) is 46.9 Å². The number of carbonyl (C=O) groups is 1. The van der Waals surface area contributed by atoms with Crippen LogP contribution in [-0.4, -0.2) is 11.0 Å². The van der Waals surface area contributed by atoms with Gasteiger partial charge in [-0.1, -0.05) is 30.3 Å². The van der Waals surface area contributed by atoms with Crippen molar-refractivity contribution < 1.29 is 9.90 Å². The van der Waals surface area contributed by atoms with Gasteiger partial charge in [0.25, 0.3) is 5.91 Å². The molecule has 0 aliphatic heterocycles. The molecule has 0 bridgehead atoms. The number of hydrogen-bond donors (Lipinski definition) is 2. The third-order valence-corrected chi connectivity index (χ3v) is 3.66. The molecule has 0 fully saturated rings. The van der Waals surface area contributed by atoms with E-state index in [1.54, 1.807) is 30.3 Å². The van der Waals surface area contributed by atoms with Crippen LogP contribution in [0.5, 0.6) is 5.75 Å². The van der Waals surface area contributed by atoms with Gasteiger partial charge in [0.15, 0.2) is 0 Å². The summed E-state index contributed by atoms with van der Waals surface area (Å²) in [7, 11) is 0. The number of nitrogens with one attached hydrogen (secondary N) is 1. The van der Waals surface area contributed by atoms with E-state index in [1.807, 2.05) is 18.2 Å². The maximum Gasteiger partial charge on any atom is 0.266 e. The number of anilines is 1. The van der Waals surface area contributed by atoms with Crippen molar-refractivity contribution in [3.63, 3.8) is 0 Å². The van der Waals surface area contributed by atoms with E-state index >= 15 is 0 Å². The molecule has 2 rings (SSSR count). The molecule has 0 radical (unpaired) electrons. The van der Waals surface area contributed by atoms with E-state index in [-0.39, 0.29) is 11.3 Å². The molecule has 4 nitrogen and oxygen atoms in total. The maximum absolute atomic E-state index is 12.1. The third kappa shape index (κ3) is 3.83. The molecule has 2 aromatic rings. The van der Waals surface area contributed by atoms with Crippen molar-refractivity contribution in [2.24, 2.45) is 0 Å². The lowest BCUT2D eigenvalue weighted by molar-refractivity contribution is -0.112. The predicted octanol–water partition coefficient (Wildman–Crippen LogP) is 3.54. The van der Waals surface area contributed by atoms with Gasteiger partial charge in [-0.25, -0.2) is 0 Å². The quantitative estimate of drug-likeness (QED) is 0.479. The minimum absolute atomic E-state index is 0.0207. The molecule has 0 aromatic heterocycles. The predicted molar refractivity (Wildman–Crippen MR) is 89.5 cm³/mol. The summed E-state index contributed by atoms with van der Waals surface area (Å²) in [4.78, 5) is 12.1. The van der Waals surface area contributed by atoms with Crippen LogP contribution >= 0.6 is 22.6 Å². The van der Waals surface area contributed by atoms with Gasteiger partial charge in [-0.15, -0.1) is 0 Å². The molecular formula is C16H11IN2O2. The number of rotatable bonds is 3. The van der Waals surface area contributed by atoms with Crippen LogP contribution in [0.25, 0.3) is 6.08 Å². The minimum atomic E-state index is -0.509. The van der Waals surface area contributed by atoms with Crippen molar-refractivity contribution in [2.45, 2.75) is 0 Å². The van der Waals surface area contributed by atoms with E-state index in [1.165, 1.54) is 12.1 Å². The summed E-state index contributed by atoms with van der Waals surface area (Å²) in [6, 6.07) is 15.7. The van der Waals surface area contributed by atoms with Crippen LogP contribution in [0.15, 0.2) is 54.1 Å². The van der Waals surface area contributed by atoms with E-state index in [4.69, 9.17) is 5.26 Å². The lowest BCUT2D eigenvalue weighted by Gasteiger charge is -2.06. The highest BCUT2D eigenvalue weighted by molar-refractivity contribution is 14.1. The number of hydrogen-bond acceptors (Lipinski definition) is 3. The average Bonchev–Trinajstić information content (AvgIpc) is 2.48. The molecule has 0 saturated heterocycles.